The smallest absolute Gasteiger partial charge is 0.220 e. The lowest BCUT2D eigenvalue weighted by molar-refractivity contribution is -0.121. The van der Waals surface area contributed by atoms with E-state index in [1.807, 2.05) is 29.8 Å². The van der Waals surface area contributed by atoms with Crippen LogP contribution in [-0.4, -0.2) is 32.2 Å². The number of methoxy groups -OCH3 is 3. The second-order valence-electron chi connectivity index (χ2n) is 6.36. The van der Waals surface area contributed by atoms with Crippen LogP contribution in [0.25, 0.3) is 11.1 Å². The van der Waals surface area contributed by atoms with E-state index < -0.39 is 0 Å². The maximum Gasteiger partial charge on any atom is 0.220 e. The highest BCUT2D eigenvalue weighted by atomic mass is 32.1. The van der Waals surface area contributed by atoms with Crippen LogP contribution in [0, 0.1) is 0 Å². The number of nitrogens with one attached hydrogen (secondary N) is 1. The summed E-state index contributed by atoms with van der Waals surface area (Å²) >= 11 is 1.65. The van der Waals surface area contributed by atoms with Crippen molar-refractivity contribution in [3.8, 4) is 28.4 Å². The van der Waals surface area contributed by atoms with Crippen LogP contribution in [0.15, 0.2) is 47.4 Å². The minimum Gasteiger partial charge on any atom is -0.493 e. The summed E-state index contributed by atoms with van der Waals surface area (Å²) in [5, 5.41) is 7.07. The molecule has 1 aromatic carbocycles. The van der Waals surface area contributed by atoms with Crippen LogP contribution >= 0.6 is 11.3 Å². The molecule has 0 radical (unpaired) electrons. The van der Waals surface area contributed by atoms with Crippen molar-refractivity contribution in [2.24, 2.45) is 0 Å². The fourth-order valence-corrected chi connectivity index (χ4v) is 3.73. The third-order valence-corrected chi connectivity index (χ3v) is 5.23. The van der Waals surface area contributed by atoms with E-state index in [1.165, 1.54) is 0 Å². The van der Waals surface area contributed by atoms with Gasteiger partial charge in [-0.2, -0.15) is 11.3 Å². The summed E-state index contributed by atoms with van der Waals surface area (Å²) in [7, 11) is 4.72. The van der Waals surface area contributed by atoms with E-state index in [-0.39, 0.29) is 5.91 Å². The zero-order chi connectivity index (χ0) is 20.6. The van der Waals surface area contributed by atoms with Crippen LogP contribution in [-0.2, 0) is 17.8 Å². The van der Waals surface area contributed by atoms with Gasteiger partial charge < -0.3 is 19.5 Å². The van der Waals surface area contributed by atoms with Crippen molar-refractivity contribution in [2.75, 3.05) is 21.3 Å². The van der Waals surface area contributed by atoms with Crippen LogP contribution in [0.5, 0.6) is 17.2 Å². The number of carbonyl (C=O) groups is 1. The molecule has 7 heteroatoms. The van der Waals surface area contributed by atoms with Crippen LogP contribution in [0.4, 0.5) is 0 Å². The molecule has 1 N–H and O–H groups in total. The molecular formula is C22H24N2O4S. The van der Waals surface area contributed by atoms with Gasteiger partial charge in [0.1, 0.15) is 0 Å². The van der Waals surface area contributed by atoms with E-state index in [2.05, 4.69) is 21.7 Å². The number of hydrogen-bond donors (Lipinski definition) is 1. The number of aryl methyl sites for hydroxylation is 1. The Morgan fingerprint density at radius 3 is 2.55 bits per heavy atom. The highest BCUT2D eigenvalue weighted by molar-refractivity contribution is 7.08. The molecule has 0 saturated heterocycles. The molecule has 0 atom stereocenters. The molecule has 0 aliphatic heterocycles. The Bertz CT molecular complexity index is 957. The lowest BCUT2D eigenvalue weighted by Crippen LogP contribution is -2.23. The Morgan fingerprint density at radius 2 is 1.86 bits per heavy atom. The number of thiophene rings is 1. The monoisotopic (exact) mass is 412 g/mol. The summed E-state index contributed by atoms with van der Waals surface area (Å²) in [5.41, 5.74) is 4.04. The number of carbonyl (C=O) groups excluding carboxylic acids is 1. The van der Waals surface area contributed by atoms with Crippen molar-refractivity contribution < 1.29 is 19.0 Å². The standard InChI is InChI=1S/C22H24N2O4S/c1-26-19-6-4-16(21(27-2)22(19)28-3)5-7-20(25)24-12-15-10-18(13-23-11-15)17-8-9-29-14-17/h4,6,8-11,13-14H,5,7,12H2,1-3H3,(H,24,25). The molecule has 6 nitrogen and oxygen atoms in total. The Morgan fingerprint density at radius 1 is 1.03 bits per heavy atom. The highest BCUT2D eigenvalue weighted by Gasteiger charge is 2.16. The Labute approximate surface area is 174 Å². The normalized spacial score (nSPS) is 10.4. The molecule has 1 amide bonds. The molecule has 3 aromatic rings. The number of amides is 1. The minimum atomic E-state index is -0.0391. The lowest BCUT2D eigenvalue weighted by Gasteiger charge is -2.15. The second-order valence-corrected chi connectivity index (χ2v) is 7.14. The molecule has 152 valence electrons. The van der Waals surface area contributed by atoms with Gasteiger partial charge in [0.15, 0.2) is 11.5 Å². The Hall–Kier alpha value is -3.06. The first kappa shape index (κ1) is 20.7. The fourth-order valence-electron chi connectivity index (χ4n) is 3.07. The predicted molar refractivity (Wildman–Crippen MR) is 114 cm³/mol. The highest BCUT2D eigenvalue weighted by Crippen LogP contribution is 2.40. The molecule has 29 heavy (non-hydrogen) atoms. The van der Waals surface area contributed by atoms with Crippen LogP contribution < -0.4 is 19.5 Å². The SMILES string of the molecule is COc1ccc(CCC(=O)NCc2cncc(-c3ccsc3)c2)c(OC)c1OC. The zero-order valence-corrected chi connectivity index (χ0v) is 17.5. The van der Waals surface area contributed by atoms with Gasteiger partial charge in [-0.25, -0.2) is 0 Å². The van der Waals surface area contributed by atoms with Gasteiger partial charge in [-0.1, -0.05) is 6.07 Å². The largest absolute Gasteiger partial charge is 0.493 e. The minimum absolute atomic E-state index is 0.0391. The molecule has 3 rings (SSSR count). The molecule has 0 aliphatic carbocycles. The van der Waals surface area contributed by atoms with E-state index in [0.717, 1.165) is 22.3 Å². The molecule has 0 spiro atoms. The van der Waals surface area contributed by atoms with Crippen molar-refractivity contribution in [3.63, 3.8) is 0 Å². The summed E-state index contributed by atoms with van der Waals surface area (Å²) in [6.07, 6.45) is 4.47. The fraction of sp³-hybridized carbons (Fsp3) is 0.273. The van der Waals surface area contributed by atoms with Gasteiger partial charge in [0.2, 0.25) is 11.7 Å². The van der Waals surface area contributed by atoms with Crippen LogP contribution in [0.3, 0.4) is 0 Å². The second kappa shape index (κ2) is 9.93. The van der Waals surface area contributed by atoms with Gasteiger partial charge in [0.05, 0.1) is 21.3 Å². The molecule has 0 saturated carbocycles. The van der Waals surface area contributed by atoms with E-state index in [1.54, 1.807) is 38.9 Å². The topological polar surface area (TPSA) is 69.7 Å². The third kappa shape index (κ3) is 5.06. The summed E-state index contributed by atoms with van der Waals surface area (Å²) < 4.78 is 16.2. The predicted octanol–water partition coefficient (Wildman–Crippen LogP) is 4.08. The van der Waals surface area contributed by atoms with Gasteiger partial charge in [0.25, 0.3) is 0 Å². The Balaban J connectivity index is 1.59. The van der Waals surface area contributed by atoms with Crippen LogP contribution in [0.2, 0.25) is 0 Å². The first-order valence-corrected chi connectivity index (χ1v) is 10.1. The first-order chi connectivity index (χ1) is 14.2. The van der Waals surface area contributed by atoms with Gasteiger partial charge >= 0.3 is 0 Å². The summed E-state index contributed by atoms with van der Waals surface area (Å²) in [5.74, 6) is 1.68. The zero-order valence-electron chi connectivity index (χ0n) is 16.7. The third-order valence-electron chi connectivity index (χ3n) is 4.55. The van der Waals surface area contributed by atoms with Crippen LogP contribution in [0.1, 0.15) is 17.5 Å². The van der Waals surface area contributed by atoms with E-state index in [4.69, 9.17) is 14.2 Å². The molecular weight excluding hydrogens is 388 g/mol. The Kier molecular flexibility index (Phi) is 7.08. The summed E-state index contributed by atoms with van der Waals surface area (Å²) in [6.45, 7) is 0.437. The van der Waals surface area contributed by atoms with Crippen molar-refractivity contribution in [3.05, 3.63) is 58.5 Å². The number of rotatable bonds is 9. The maximum atomic E-state index is 12.4. The van der Waals surface area contributed by atoms with E-state index in [0.29, 0.717) is 36.6 Å². The quantitative estimate of drug-likeness (QED) is 0.573. The number of benzene rings is 1. The van der Waals surface area contributed by atoms with Gasteiger partial charge in [-0.05, 0) is 52.1 Å². The number of ether oxygens (including phenoxy) is 3. The van der Waals surface area contributed by atoms with Crippen molar-refractivity contribution in [1.29, 1.82) is 0 Å². The molecule has 2 heterocycles. The molecule has 0 fully saturated rings. The molecule has 0 aliphatic rings. The average molecular weight is 413 g/mol. The van der Waals surface area contributed by atoms with Gasteiger partial charge in [-0.15, -0.1) is 0 Å². The van der Waals surface area contributed by atoms with Gasteiger partial charge in [0, 0.05) is 30.9 Å². The van der Waals surface area contributed by atoms with E-state index in [9.17, 15) is 4.79 Å². The maximum absolute atomic E-state index is 12.4. The average Bonchev–Trinajstić information content (AvgIpc) is 3.30. The number of aromatic nitrogens is 1. The van der Waals surface area contributed by atoms with E-state index >= 15 is 0 Å². The molecule has 2 aromatic heterocycles. The molecule has 0 bridgehead atoms. The number of nitrogens with zero attached hydrogens (tertiary/aromatic N) is 1. The summed E-state index contributed by atoms with van der Waals surface area (Å²) in [4.78, 5) is 16.6. The van der Waals surface area contributed by atoms with Crippen molar-refractivity contribution in [1.82, 2.24) is 10.3 Å². The first-order valence-electron chi connectivity index (χ1n) is 9.17. The van der Waals surface area contributed by atoms with Crippen molar-refractivity contribution >= 4 is 17.2 Å². The molecule has 0 unspecified atom stereocenters. The lowest BCUT2D eigenvalue weighted by atomic mass is 10.1. The number of pyridine rings is 1. The number of hydrogen-bond acceptors (Lipinski definition) is 6. The van der Waals surface area contributed by atoms with Crippen molar-refractivity contribution in [2.45, 2.75) is 19.4 Å². The van der Waals surface area contributed by atoms with Gasteiger partial charge in [-0.3, -0.25) is 9.78 Å². The summed E-state index contributed by atoms with van der Waals surface area (Å²) in [6, 6.07) is 7.81.